The van der Waals surface area contributed by atoms with Crippen LogP contribution in [0.2, 0.25) is 0 Å². The molecular weight excluding hydrogens is 586 g/mol. The summed E-state index contributed by atoms with van der Waals surface area (Å²) in [5.41, 5.74) is 2.13. The van der Waals surface area contributed by atoms with Crippen molar-refractivity contribution < 1.29 is 37.0 Å². The van der Waals surface area contributed by atoms with E-state index in [0.29, 0.717) is 61.1 Å². The molecule has 1 saturated heterocycles. The zero-order valence-corrected chi connectivity index (χ0v) is 26.5. The first-order valence-electron chi connectivity index (χ1n) is 14.2. The first-order valence-corrected chi connectivity index (χ1v) is 15.6. The summed E-state index contributed by atoms with van der Waals surface area (Å²) in [6, 6.07) is 19.2. The standard InChI is InChI=1S/C32H39N3O8S/c1-23(36)43-31(25-9-7-6-8-10-25)32(37)35-19-17-34(18-20-35)27-22-26(12-14-28(27)40-3)44(38,39)33(2)16-15-24-11-13-29(41-4)30(21-24)42-5/h6-14,21-22,31H,15-20H2,1-5H3/t31-/m1/s1. The number of sulfonamides is 1. The summed E-state index contributed by atoms with van der Waals surface area (Å²) in [7, 11) is 2.39. The number of hydrogen-bond acceptors (Lipinski definition) is 9. The van der Waals surface area contributed by atoms with Crippen LogP contribution in [0.15, 0.2) is 71.6 Å². The van der Waals surface area contributed by atoms with Gasteiger partial charge < -0.3 is 28.7 Å². The molecule has 0 bridgehead atoms. The molecule has 0 N–H and O–H groups in total. The predicted molar refractivity (Wildman–Crippen MR) is 166 cm³/mol. The lowest BCUT2D eigenvalue weighted by atomic mass is 10.1. The zero-order valence-electron chi connectivity index (χ0n) is 25.7. The SMILES string of the molecule is COc1ccc(CCN(C)S(=O)(=O)c2ccc(OC)c(N3CCN(C(=O)[C@H](OC(C)=O)c4ccccc4)CC3)c2)cc1OC. The van der Waals surface area contributed by atoms with Gasteiger partial charge in [-0.25, -0.2) is 12.7 Å². The fourth-order valence-electron chi connectivity index (χ4n) is 5.09. The van der Waals surface area contributed by atoms with Crippen LogP contribution in [-0.4, -0.2) is 90.6 Å². The van der Waals surface area contributed by atoms with E-state index in [1.54, 1.807) is 68.6 Å². The van der Waals surface area contributed by atoms with Gasteiger partial charge in [0, 0.05) is 52.3 Å². The van der Waals surface area contributed by atoms with Crippen LogP contribution < -0.4 is 19.1 Å². The molecule has 1 heterocycles. The molecule has 1 fully saturated rings. The van der Waals surface area contributed by atoms with Gasteiger partial charge in [0.05, 0.1) is 31.9 Å². The maximum absolute atomic E-state index is 13.6. The molecule has 0 radical (unpaired) electrons. The van der Waals surface area contributed by atoms with Gasteiger partial charge >= 0.3 is 5.97 Å². The van der Waals surface area contributed by atoms with Crippen molar-refractivity contribution in [2.75, 3.05) is 66.0 Å². The van der Waals surface area contributed by atoms with Gasteiger partial charge in [0.1, 0.15) is 5.75 Å². The number of ether oxygens (including phenoxy) is 4. The molecule has 1 aliphatic rings. The van der Waals surface area contributed by atoms with Crippen molar-refractivity contribution in [2.45, 2.75) is 24.3 Å². The average molecular weight is 626 g/mol. The minimum Gasteiger partial charge on any atom is -0.495 e. The Morgan fingerprint density at radius 2 is 1.48 bits per heavy atom. The third-order valence-electron chi connectivity index (χ3n) is 7.56. The van der Waals surface area contributed by atoms with Crippen molar-refractivity contribution in [3.8, 4) is 17.2 Å². The fourth-order valence-corrected chi connectivity index (χ4v) is 6.28. The molecule has 1 aliphatic heterocycles. The highest BCUT2D eigenvalue weighted by molar-refractivity contribution is 7.89. The Bertz CT molecular complexity index is 1560. The quantitative estimate of drug-likeness (QED) is 0.279. The summed E-state index contributed by atoms with van der Waals surface area (Å²) in [5.74, 6) is 0.874. The van der Waals surface area contributed by atoms with E-state index in [-0.39, 0.29) is 17.3 Å². The number of esters is 1. The van der Waals surface area contributed by atoms with E-state index in [2.05, 4.69) is 0 Å². The maximum Gasteiger partial charge on any atom is 0.303 e. The van der Waals surface area contributed by atoms with E-state index in [4.69, 9.17) is 18.9 Å². The predicted octanol–water partition coefficient (Wildman–Crippen LogP) is 3.53. The van der Waals surface area contributed by atoms with Crippen molar-refractivity contribution in [1.82, 2.24) is 9.21 Å². The van der Waals surface area contributed by atoms with E-state index < -0.39 is 22.1 Å². The molecule has 236 valence electrons. The molecule has 0 saturated carbocycles. The second kappa shape index (κ2) is 14.5. The number of piperazine rings is 1. The molecular formula is C32H39N3O8S. The Labute approximate surface area is 258 Å². The molecule has 12 heteroatoms. The van der Waals surface area contributed by atoms with E-state index >= 15 is 0 Å². The number of carbonyl (C=O) groups is 2. The van der Waals surface area contributed by atoms with Crippen molar-refractivity contribution >= 4 is 27.6 Å². The second-order valence-electron chi connectivity index (χ2n) is 10.3. The summed E-state index contributed by atoms with van der Waals surface area (Å²) in [5, 5.41) is 0. The van der Waals surface area contributed by atoms with Gasteiger partial charge in [0.15, 0.2) is 11.5 Å². The summed E-state index contributed by atoms with van der Waals surface area (Å²) >= 11 is 0. The lowest BCUT2D eigenvalue weighted by molar-refractivity contribution is -0.159. The number of carbonyl (C=O) groups excluding carboxylic acids is 2. The minimum absolute atomic E-state index is 0.139. The maximum atomic E-state index is 13.6. The number of amides is 1. The Balaban J connectivity index is 1.46. The van der Waals surface area contributed by atoms with Crippen LogP contribution in [0.4, 0.5) is 5.69 Å². The molecule has 0 spiro atoms. The molecule has 3 aromatic rings. The Morgan fingerprint density at radius 1 is 0.841 bits per heavy atom. The molecule has 0 unspecified atom stereocenters. The highest BCUT2D eigenvalue weighted by Gasteiger charge is 2.32. The van der Waals surface area contributed by atoms with Gasteiger partial charge in [-0.1, -0.05) is 36.4 Å². The zero-order chi connectivity index (χ0) is 31.9. The molecule has 4 rings (SSSR count). The van der Waals surface area contributed by atoms with Crippen LogP contribution in [0, 0.1) is 0 Å². The lowest BCUT2D eigenvalue weighted by Gasteiger charge is -2.38. The number of anilines is 1. The average Bonchev–Trinajstić information content (AvgIpc) is 3.05. The summed E-state index contributed by atoms with van der Waals surface area (Å²) in [6.07, 6.45) is -0.551. The normalized spacial score (nSPS) is 14.2. The van der Waals surface area contributed by atoms with Gasteiger partial charge in [-0.15, -0.1) is 0 Å². The topological polar surface area (TPSA) is 115 Å². The number of hydrogen-bond donors (Lipinski definition) is 0. The smallest absolute Gasteiger partial charge is 0.303 e. The highest BCUT2D eigenvalue weighted by atomic mass is 32.2. The van der Waals surface area contributed by atoms with Crippen LogP contribution in [0.1, 0.15) is 24.2 Å². The molecule has 1 atom stereocenters. The first-order chi connectivity index (χ1) is 21.1. The first kappa shape index (κ1) is 32.6. The Morgan fingerprint density at radius 3 is 2.09 bits per heavy atom. The van der Waals surface area contributed by atoms with Gasteiger partial charge in [0.2, 0.25) is 16.1 Å². The van der Waals surface area contributed by atoms with Crippen molar-refractivity contribution in [3.63, 3.8) is 0 Å². The van der Waals surface area contributed by atoms with Crippen LogP contribution in [0.25, 0.3) is 0 Å². The van der Waals surface area contributed by atoms with Crippen molar-refractivity contribution in [2.24, 2.45) is 0 Å². The van der Waals surface area contributed by atoms with Crippen LogP contribution in [-0.2, 0) is 30.8 Å². The number of benzene rings is 3. The van der Waals surface area contributed by atoms with Gasteiger partial charge in [-0.05, 0) is 42.3 Å². The largest absolute Gasteiger partial charge is 0.495 e. The van der Waals surface area contributed by atoms with E-state index in [0.717, 1.165) is 5.56 Å². The molecule has 1 amide bonds. The van der Waals surface area contributed by atoms with Crippen molar-refractivity contribution in [3.05, 3.63) is 77.9 Å². The van der Waals surface area contributed by atoms with Crippen molar-refractivity contribution in [1.29, 1.82) is 0 Å². The van der Waals surface area contributed by atoms with Gasteiger partial charge in [-0.2, -0.15) is 0 Å². The number of likely N-dealkylation sites (N-methyl/N-ethyl adjacent to an activating group) is 1. The monoisotopic (exact) mass is 625 g/mol. The second-order valence-corrected chi connectivity index (χ2v) is 12.4. The number of nitrogens with zero attached hydrogens (tertiary/aromatic N) is 3. The Hall–Kier alpha value is -4.29. The molecule has 0 aliphatic carbocycles. The van der Waals surface area contributed by atoms with Crippen LogP contribution in [0.3, 0.4) is 0 Å². The molecule has 44 heavy (non-hydrogen) atoms. The number of rotatable bonds is 12. The third kappa shape index (κ3) is 7.43. The lowest BCUT2D eigenvalue weighted by Crippen LogP contribution is -2.50. The highest BCUT2D eigenvalue weighted by Crippen LogP contribution is 2.33. The minimum atomic E-state index is -3.82. The molecule has 3 aromatic carbocycles. The fraction of sp³-hybridized carbons (Fsp3) is 0.375. The third-order valence-corrected chi connectivity index (χ3v) is 9.42. The van der Waals surface area contributed by atoms with E-state index in [1.807, 2.05) is 23.1 Å². The number of methoxy groups -OCH3 is 3. The molecule has 11 nitrogen and oxygen atoms in total. The molecule has 0 aromatic heterocycles. The van der Waals surface area contributed by atoms with E-state index in [9.17, 15) is 18.0 Å². The van der Waals surface area contributed by atoms with Crippen LogP contribution in [0.5, 0.6) is 17.2 Å². The summed E-state index contributed by atoms with van der Waals surface area (Å²) in [4.78, 5) is 29.0. The van der Waals surface area contributed by atoms with Crippen LogP contribution >= 0.6 is 0 Å². The summed E-state index contributed by atoms with van der Waals surface area (Å²) < 4.78 is 50.1. The van der Waals surface area contributed by atoms with Gasteiger partial charge in [-0.3, -0.25) is 9.59 Å². The Kier molecular flexibility index (Phi) is 10.7. The summed E-state index contributed by atoms with van der Waals surface area (Å²) in [6.45, 7) is 3.11. The van der Waals surface area contributed by atoms with E-state index in [1.165, 1.54) is 24.4 Å². The van der Waals surface area contributed by atoms with Gasteiger partial charge in [0.25, 0.3) is 5.91 Å².